The first-order valence-electron chi connectivity index (χ1n) is 9.80. The summed E-state index contributed by atoms with van der Waals surface area (Å²) in [5.41, 5.74) is 0.957. The minimum atomic E-state index is -4.49. The van der Waals surface area contributed by atoms with Gasteiger partial charge in [-0.3, -0.25) is 9.78 Å². The second kappa shape index (κ2) is 8.84. The van der Waals surface area contributed by atoms with Gasteiger partial charge >= 0.3 is 6.18 Å². The Balaban J connectivity index is 1.51. The van der Waals surface area contributed by atoms with E-state index in [1.165, 1.54) is 6.07 Å². The Morgan fingerprint density at radius 3 is 2.41 bits per heavy atom. The molecule has 0 radical (unpaired) electrons. The smallest absolute Gasteiger partial charge is 0.433 e. The van der Waals surface area contributed by atoms with E-state index in [-0.39, 0.29) is 29.6 Å². The van der Waals surface area contributed by atoms with Crippen LogP contribution in [-0.4, -0.2) is 17.0 Å². The molecule has 0 spiro atoms. The van der Waals surface area contributed by atoms with E-state index >= 15 is 0 Å². The molecule has 29 heavy (non-hydrogen) atoms. The number of benzene rings is 1. The maximum absolute atomic E-state index is 12.8. The molecule has 2 aromatic rings. The van der Waals surface area contributed by atoms with Crippen molar-refractivity contribution < 1.29 is 22.7 Å². The standard InChI is InChI=1S/C22H25F3N2O2/c1-14-3-7-17(8-4-14)27-21(28)15(2)16-5-9-18(10-6-16)29-19-11-12-26-20(13-19)22(23,24)25/h3-4,7-8,11-13,15-16,18H,5-6,9-10H2,1-2H3,(H,27,28)/t15-,16?,18?/m0/s1. The topological polar surface area (TPSA) is 51.2 Å². The van der Waals surface area contributed by atoms with Crippen LogP contribution in [0.5, 0.6) is 5.75 Å². The number of rotatable bonds is 5. The maximum Gasteiger partial charge on any atom is 0.433 e. The number of aromatic nitrogens is 1. The molecule has 1 saturated carbocycles. The van der Waals surface area contributed by atoms with E-state index in [4.69, 9.17) is 4.74 Å². The zero-order chi connectivity index (χ0) is 21.0. The molecule has 156 valence electrons. The Morgan fingerprint density at radius 2 is 1.79 bits per heavy atom. The van der Waals surface area contributed by atoms with Crippen molar-refractivity contribution in [1.29, 1.82) is 0 Å². The number of anilines is 1. The maximum atomic E-state index is 12.8. The molecule has 0 unspecified atom stereocenters. The molecule has 0 bridgehead atoms. The summed E-state index contributed by atoms with van der Waals surface area (Å²) < 4.78 is 44.1. The van der Waals surface area contributed by atoms with E-state index in [1.54, 1.807) is 0 Å². The van der Waals surface area contributed by atoms with Gasteiger partial charge in [-0.25, -0.2) is 0 Å². The van der Waals surface area contributed by atoms with Gasteiger partial charge in [0.25, 0.3) is 0 Å². The second-order valence-corrected chi connectivity index (χ2v) is 7.67. The number of ether oxygens (including phenoxy) is 1. The average molecular weight is 406 g/mol. The minimum absolute atomic E-state index is 0.0119. The third-order valence-electron chi connectivity index (χ3n) is 5.48. The van der Waals surface area contributed by atoms with E-state index in [9.17, 15) is 18.0 Å². The van der Waals surface area contributed by atoms with Gasteiger partial charge in [-0.1, -0.05) is 24.6 Å². The Kier molecular flexibility index (Phi) is 6.45. The number of carbonyl (C=O) groups excluding carboxylic acids is 1. The highest BCUT2D eigenvalue weighted by atomic mass is 19.4. The van der Waals surface area contributed by atoms with E-state index in [2.05, 4.69) is 10.3 Å². The van der Waals surface area contributed by atoms with Crippen LogP contribution in [0, 0.1) is 18.8 Å². The lowest BCUT2D eigenvalue weighted by atomic mass is 9.79. The van der Waals surface area contributed by atoms with Crippen LogP contribution < -0.4 is 10.1 Å². The van der Waals surface area contributed by atoms with Crippen molar-refractivity contribution in [2.75, 3.05) is 5.32 Å². The van der Waals surface area contributed by atoms with E-state index < -0.39 is 11.9 Å². The van der Waals surface area contributed by atoms with Gasteiger partial charge in [0, 0.05) is 23.9 Å². The lowest BCUT2D eigenvalue weighted by Gasteiger charge is -2.32. The van der Waals surface area contributed by atoms with Crippen LogP contribution in [0.4, 0.5) is 18.9 Å². The predicted molar refractivity (Wildman–Crippen MR) is 105 cm³/mol. The Bertz CT molecular complexity index is 829. The Labute approximate surface area is 168 Å². The summed E-state index contributed by atoms with van der Waals surface area (Å²) in [6.45, 7) is 3.92. The quantitative estimate of drug-likeness (QED) is 0.701. The van der Waals surface area contributed by atoms with E-state index in [0.29, 0.717) is 12.8 Å². The summed E-state index contributed by atoms with van der Waals surface area (Å²) >= 11 is 0. The van der Waals surface area contributed by atoms with Crippen molar-refractivity contribution in [2.24, 2.45) is 11.8 Å². The zero-order valence-corrected chi connectivity index (χ0v) is 16.5. The van der Waals surface area contributed by atoms with Crippen LogP contribution >= 0.6 is 0 Å². The molecule has 4 nitrogen and oxygen atoms in total. The third-order valence-corrected chi connectivity index (χ3v) is 5.48. The molecular weight excluding hydrogens is 381 g/mol. The molecule has 3 rings (SSSR count). The van der Waals surface area contributed by atoms with Crippen LogP contribution in [0.15, 0.2) is 42.6 Å². The van der Waals surface area contributed by atoms with Crippen molar-refractivity contribution in [3.8, 4) is 5.75 Å². The van der Waals surface area contributed by atoms with Crippen molar-refractivity contribution in [1.82, 2.24) is 4.98 Å². The van der Waals surface area contributed by atoms with Gasteiger partial charge in [-0.15, -0.1) is 0 Å². The molecule has 1 aromatic heterocycles. The first-order chi connectivity index (χ1) is 13.7. The van der Waals surface area contributed by atoms with Gasteiger partial charge in [-0.05, 0) is 56.7 Å². The molecule has 0 saturated heterocycles. The first kappa shape index (κ1) is 21.1. The van der Waals surface area contributed by atoms with Gasteiger partial charge in [0.1, 0.15) is 11.4 Å². The molecule has 1 atom stereocenters. The number of hydrogen-bond acceptors (Lipinski definition) is 3. The monoisotopic (exact) mass is 406 g/mol. The van der Waals surface area contributed by atoms with Gasteiger partial charge in [0.2, 0.25) is 5.91 Å². The number of amides is 1. The molecule has 1 aliphatic carbocycles. The van der Waals surface area contributed by atoms with Gasteiger partial charge in [0.15, 0.2) is 0 Å². The molecule has 1 aliphatic rings. The fourth-order valence-electron chi connectivity index (χ4n) is 3.65. The molecule has 0 aliphatic heterocycles. The fraction of sp³-hybridized carbons (Fsp3) is 0.455. The Hall–Kier alpha value is -2.57. The summed E-state index contributed by atoms with van der Waals surface area (Å²) in [6.07, 6.45) is -0.526. The number of halogens is 3. The number of nitrogens with one attached hydrogen (secondary N) is 1. The first-order valence-corrected chi connectivity index (χ1v) is 9.80. The molecular formula is C22H25F3N2O2. The normalized spacial score (nSPS) is 20.7. The second-order valence-electron chi connectivity index (χ2n) is 7.67. The van der Waals surface area contributed by atoms with Crippen LogP contribution in [0.1, 0.15) is 43.9 Å². The lowest BCUT2D eigenvalue weighted by molar-refractivity contribution is -0.141. The predicted octanol–water partition coefficient (Wildman–Crippen LogP) is 5.62. The molecule has 7 heteroatoms. The molecule has 1 heterocycles. The van der Waals surface area contributed by atoms with Gasteiger partial charge in [0.05, 0.1) is 6.10 Å². The summed E-state index contributed by atoms with van der Waals surface area (Å²) in [7, 11) is 0. The molecule has 1 fully saturated rings. The fourth-order valence-corrected chi connectivity index (χ4v) is 3.65. The summed E-state index contributed by atoms with van der Waals surface area (Å²) in [4.78, 5) is 15.9. The molecule has 1 amide bonds. The van der Waals surface area contributed by atoms with Gasteiger partial charge in [-0.2, -0.15) is 13.2 Å². The van der Waals surface area contributed by atoms with Crippen molar-refractivity contribution in [2.45, 2.75) is 51.8 Å². The summed E-state index contributed by atoms with van der Waals surface area (Å²) in [5, 5.41) is 2.95. The zero-order valence-electron chi connectivity index (χ0n) is 16.5. The molecule has 1 aromatic carbocycles. The minimum Gasteiger partial charge on any atom is -0.490 e. The summed E-state index contributed by atoms with van der Waals surface area (Å²) in [5.74, 6) is 0.251. The number of pyridine rings is 1. The van der Waals surface area contributed by atoms with Crippen LogP contribution in [-0.2, 0) is 11.0 Å². The lowest BCUT2D eigenvalue weighted by Crippen LogP contribution is -2.32. The highest BCUT2D eigenvalue weighted by Gasteiger charge is 2.33. The molecule has 1 N–H and O–H groups in total. The number of aryl methyl sites for hydroxylation is 1. The van der Waals surface area contributed by atoms with Crippen molar-refractivity contribution in [3.05, 3.63) is 53.9 Å². The highest BCUT2D eigenvalue weighted by Crippen LogP contribution is 2.34. The number of alkyl halides is 3. The van der Waals surface area contributed by atoms with E-state index in [0.717, 1.165) is 36.4 Å². The van der Waals surface area contributed by atoms with Crippen LogP contribution in [0.3, 0.4) is 0 Å². The third kappa shape index (κ3) is 5.71. The van der Waals surface area contributed by atoms with Crippen molar-refractivity contribution in [3.63, 3.8) is 0 Å². The largest absolute Gasteiger partial charge is 0.490 e. The Morgan fingerprint density at radius 1 is 1.14 bits per heavy atom. The van der Waals surface area contributed by atoms with Crippen molar-refractivity contribution >= 4 is 11.6 Å². The van der Waals surface area contributed by atoms with Crippen LogP contribution in [0.25, 0.3) is 0 Å². The highest BCUT2D eigenvalue weighted by molar-refractivity contribution is 5.92. The van der Waals surface area contributed by atoms with Gasteiger partial charge < -0.3 is 10.1 Å². The SMILES string of the molecule is Cc1ccc(NC(=O)[C@@H](C)C2CCC(Oc3ccnc(C(F)(F)F)c3)CC2)cc1. The average Bonchev–Trinajstić information content (AvgIpc) is 2.69. The summed E-state index contributed by atoms with van der Waals surface area (Å²) in [6, 6.07) is 10.0. The van der Waals surface area contributed by atoms with E-state index in [1.807, 2.05) is 38.1 Å². The number of nitrogens with zero attached hydrogens (tertiary/aromatic N) is 1. The number of carbonyl (C=O) groups is 1. The number of hydrogen-bond donors (Lipinski definition) is 1. The van der Waals surface area contributed by atoms with Crippen LogP contribution in [0.2, 0.25) is 0 Å².